The monoisotopic (exact) mass is 442 g/mol. The Morgan fingerprint density at radius 3 is 2.61 bits per heavy atom. The Hall–Kier alpha value is -2.87. The first-order valence-electron chi connectivity index (χ1n) is 10.7. The second-order valence-electron chi connectivity index (χ2n) is 7.88. The van der Waals surface area contributed by atoms with Gasteiger partial charge in [0.15, 0.2) is 0 Å². The van der Waals surface area contributed by atoms with E-state index in [4.69, 9.17) is 11.1 Å². The molecule has 31 heavy (non-hydrogen) atoms. The molecule has 2 aromatic carbocycles. The molecule has 0 aliphatic carbocycles. The minimum Gasteiger partial charge on any atom is -0.384 e. The quantitative estimate of drug-likeness (QED) is 0.407. The van der Waals surface area contributed by atoms with Crippen LogP contribution in [-0.2, 0) is 27.7 Å². The molecular weight excluding hydrogens is 412 g/mol. The average Bonchev–Trinajstić information content (AvgIpc) is 2.75. The van der Waals surface area contributed by atoms with E-state index >= 15 is 0 Å². The zero-order valence-corrected chi connectivity index (χ0v) is 18.7. The number of hydrogen-bond donors (Lipinski definition) is 3. The van der Waals surface area contributed by atoms with Gasteiger partial charge < -0.3 is 10.6 Å². The predicted octanol–water partition coefficient (Wildman–Crippen LogP) is 3.42. The summed E-state index contributed by atoms with van der Waals surface area (Å²) in [5.74, 6) is 0.186. The van der Waals surface area contributed by atoms with Gasteiger partial charge in [-0.3, -0.25) is 14.9 Å². The summed E-state index contributed by atoms with van der Waals surface area (Å²) in [7, 11) is -3.35. The van der Waals surface area contributed by atoms with Gasteiger partial charge in [-0.1, -0.05) is 37.6 Å². The SMILES string of the molecule is CCCCS(=O)(=O)Nc1ccc2c(c1)CCCN2C(=O)CCc1ccc(C(=N)N)cc1. The van der Waals surface area contributed by atoms with E-state index in [9.17, 15) is 13.2 Å². The molecular formula is C23H30N4O3S. The third kappa shape index (κ3) is 6.07. The van der Waals surface area contributed by atoms with Crippen molar-refractivity contribution in [3.63, 3.8) is 0 Å². The number of amides is 1. The molecule has 4 N–H and O–H groups in total. The Morgan fingerprint density at radius 2 is 1.94 bits per heavy atom. The van der Waals surface area contributed by atoms with Gasteiger partial charge in [0.1, 0.15) is 5.84 Å². The number of carbonyl (C=O) groups is 1. The highest BCUT2D eigenvalue weighted by molar-refractivity contribution is 7.92. The Kier molecular flexibility index (Phi) is 7.33. The standard InChI is InChI=1S/C23H30N4O3S/c1-2-3-15-31(29,30)26-20-11-12-21-19(16-20)5-4-14-27(21)22(28)13-8-17-6-9-18(10-7-17)23(24)25/h6-7,9-12,16,26H,2-5,8,13-15H2,1H3,(H3,24,25). The molecule has 2 aromatic rings. The van der Waals surface area contributed by atoms with Crippen molar-refractivity contribution in [1.29, 1.82) is 5.41 Å². The topological polar surface area (TPSA) is 116 Å². The van der Waals surface area contributed by atoms with Crippen LogP contribution < -0.4 is 15.4 Å². The van der Waals surface area contributed by atoms with Gasteiger partial charge in [0, 0.05) is 29.9 Å². The average molecular weight is 443 g/mol. The van der Waals surface area contributed by atoms with Gasteiger partial charge in [-0.05, 0) is 55.0 Å². The number of unbranched alkanes of at least 4 members (excludes halogenated alkanes) is 1. The Balaban J connectivity index is 1.66. The normalized spacial score (nSPS) is 13.5. The van der Waals surface area contributed by atoms with Crippen LogP contribution in [0.2, 0.25) is 0 Å². The Labute approximate surface area is 184 Å². The maximum atomic E-state index is 12.9. The highest BCUT2D eigenvalue weighted by Crippen LogP contribution is 2.30. The lowest BCUT2D eigenvalue weighted by Crippen LogP contribution is -2.35. The number of carbonyl (C=O) groups excluding carboxylic acids is 1. The molecule has 7 nitrogen and oxygen atoms in total. The van der Waals surface area contributed by atoms with Crippen LogP contribution in [0.5, 0.6) is 0 Å². The molecule has 3 rings (SSSR count). The molecule has 0 spiro atoms. The number of sulfonamides is 1. The van der Waals surface area contributed by atoms with Gasteiger partial charge >= 0.3 is 0 Å². The van der Waals surface area contributed by atoms with E-state index in [2.05, 4.69) is 4.72 Å². The van der Waals surface area contributed by atoms with Crippen molar-refractivity contribution >= 4 is 33.1 Å². The van der Waals surface area contributed by atoms with Crippen LogP contribution in [0.1, 0.15) is 49.3 Å². The summed E-state index contributed by atoms with van der Waals surface area (Å²) in [6, 6.07) is 12.8. The van der Waals surface area contributed by atoms with Crippen LogP contribution >= 0.6 is 0 Å². The lowest BCUT2D eigenvalue weighted by Gasteiger charge is -2.30. The first-order chi connectivity index (χ1) is 14.8. The van der Waals surface area contributed by atoms with Gasteiger partial charge in [-0.25, -0.2) is 8.42 Å². The van der Waals surface area contributed by atoms with Crippen LogP contribution in [0.25, 0.3) is 0 Å². The van der Waals surface area contributed by atoms with E-state index in [1.54, 1.807) is 23.1 Å². The molecule has 1 aliphatic rings. The zero-order chi connectivity index (χ0) is 22.4. The van der Waals surface area contributed by atoms with Crippen molar-refractivity contribution in [3.05, 3.63) is 59.2 Å². The predicted molar refractivity (Wildman–Crippen MR) is 125 cm³/mol. The Bertz CT molecular complexity index is 1050. The van der Waals surface area contributed by atoms with Crippen LogP contribution in [0.4, 0.5) is 11.4 Å². The molecule has 1 amide bonds. The highest BCUT2D eigenvalue weighted by atomic mass is 32.2. The summed E-state index contributed by atoms with van der Waals surface area (Å²) in [6.45, 7) is 2.62. The number of hydrogen-bond acceptors (Lipinski definition) is 4. The highest BCUT2D eigenvalue weighted by Gasteiger charge is 2.23. The largest absolute Gasteiger partial charge is 0.384 e. The molecule has 1 aliphatic heterocycles. The zero-order valence-electron chi connectivity index (χ0n) is 17.9. The number of nitrogens with zero attached hydrogens (tertiary/aromatic N) is 1. The van der Waals surface area contributed by atoms with Crippen LogP contribution in [0.15, 0.2) is 42.5 Å². The summed E-state index contributed by atoms with van der Waals surface area (Å²) in [6.07, 6.45) is 4.10. The maximum absolute atomic E-state index is 12.9. The lowest BCUT2D eigenvalue weighted by atomic mass is 10.00. The fourth-order valence-corrected chi connectivity index (χ4v) is 4.98. The molecule has 1 heterocycles. The summed E-state index contributed by atoms with van der Waals surface area (Å²) in [5.41, 5.74) is 9.57. The van der Waals surface area contributed by atoms with Crippen molar-refractivity contribution < 1.29 is 13.2 Å². The third-order valence-corrected chi connectivity index (χ3v) is 6.80. The number of anilines is 2. The summed E-state index contributed by atoms with van der Waals surface area (Å²) >= 11 is 0. The van der Waals surface area contributed by atoms with Crippen LogP contribution in [0.3, 0.4) is 0 Å². The number of nitrogens with two attached hydrogens (primary N) is 1. The number of rotatable bonds is 9. The Morgan fingerprint density at radius 1 is 1.19 bits per heavy atom. The number of nitrogens with one attached hydrogen (secondary N) is 2. The van der Waals surface area contributed by atoms with Crippen molar-refractivity contribution in [2.45, 2.75) is 45.4 Å². The minimum absolute atomic E-state index is 0.0274. The molecule has 166 valence electrons. The molecule has 0 bridgehead atoms. The van der Waals surface area contributed by atoms with Crippen LogP contribution in [0, 0.1) is 5.41 Å². The smallest absolute Gasteiger partial charge is 0.232 e. The third-order valence-electron chi connectivity index (χ3n) is 5.43. The fourth-order valence-electron chi connectivity index (χ4n) is 3.72. The van der Waals surface area contributed by atoms with E-state index in [0.717, 1.165) is 36.1 Å². The molecule has 0 saturated heterocycles. The minimum atomic E-state index is -3.35. The number of fused-ring (bicyclic) bond motifs is 1. The molecule has 0 fully saturated rings. The summed E-state index contributed by atoms with van der Waals surface area (Å²) < 4.78 is 27.0. The lowest BCUT2D eigenvalue weighted by molar-refractivity contribution is -0.118. The molecule has 0 unspecified atom stereocenters. The van der Waals surface area contributed by atoms with Gasteiger partial charge in [0.05, 0.1) is 5.75 Å². The summed E-state index contributed by atoms with van der Waals surface area (Å²) in [5, 5.41) is 7.45. The molecule has 0 atom stereocenters. The van der Waals surface area contributed by atoms with Crippen LogP contribution in [-0.4, -0.2) is 32.5 Å². The fraction of sp³-hybridized carbons (Fsp3) is 0.391. The number of aryl methyl sites for hydroxylation is 2. The van der Waals surface area contributed by atoms with E-state index in [1.165, 1.54) is 0 Å². The number of nitrogen functional groups attached to an aromatic ring is 1. The molecule has 0 aromatic heterocycles. The number of benzene rings is 2. The van der Waals surface area contributed by atoms with Gasteiger partial charge in [-0.2, -0.15) is 0 Å². The van der Waals surface area contributed by atoms with Crippen molar-refractivity contribution in [2.75, 3.05) is 21.9 Å². The van der Waals surface area contributed by atoms with Gasteiger partial charge in [-0.15, -0.1) is 0 Å². The van der Waals surface area contributed by atoms with E-state index in [-0.39, 0.29) is 17.5 Å². The second kappa shape index (κ2) is 9.96. The van der Waals surface area contributed by atoms with Gasteiger partial charge in [0.2, 0.25) is 15.9 Å². The first-order valence-corrected chi connectivity index (χ1v) is 12.3. The summed E-state index contributed by atoms with van der Waals surface area (Å²) in [4.78, 5) is 14.7. The molecule has 0 radical (unpaired) electrons. The first kappa shape index (κ1) is 22.8. The molecule has 8 heteroatoms. The maximum Gasteiger partial charge on any atom is 0.232 e. The van der Waals surface area contributed by atoms with E-state index < -0.39 is 10.0 Å². The second-order valence-corrected chi connectivity index (χ2v) is 9.72. The molecule has 0 saturated carbocycles. The van der Waals surface area contributed by atoms with Crippen molar-refractivity contribution in [3.8, 4) is 0 Å². The number of amidine groups is 1. The van der Waals surface area contributed by atoms with Gasteiger partial charge in [0.25, 0.3) is 0 Å². The van der Waals surface area contributed by atoms with Crippen molar-refractivity contribution in [2.24, 2.45) is 5.73 Å². The van der Waals surface area contributed by atoms with Crippen molar-refractivity contribution in [1.82, 2.24) is 0 Å². The van der Waals surface area contributed by atoms with E-state index in [0.29, 0.717) is 37.1 Å². The van der Waals surface area contributed by atoms with E-state index in [1.807, 2.05) is 31.2 Å².